The molecule has 1 aromatic heterocycles. The van der Waals surface area contributed by atoms with E-state index in [1.807, 2.05) is 26.2 Å². The van der Waals surface area contributed by atoms with Crippen molar-refractivity contribution in [2.75, 3.05) is 7.05 Å². The highest BCUT2D eigenvalue weighted by Gasteiger charge is 2.27. The van der Waals surface area contributed by atoms with Crippen molar-refractivity contribution in [1.82, 2.24) is 9.88 Å². The van der Waals surface area contributed by atoms with E-state index in [2.05, 4.69) is 18.8 Å². The number of carbonyl (C=O) groups excluding carboxylic acids is 1. The number of amides is 1. The molecule has 0 spiro atoms. The minimum Gasteiger partial charge on any atom is -0.444 e. The molecular formula is C16H28N2O3S. The van der Waals surface area contributed by atoms with E-state index in [-0.39, 0.29) is 18.7 Å². The molecule has 0 aliphatic carbocycles. The van der Waals surface area contributed by atoms with Gasteiger partial charge in [0.2, 0.25) is 0 Å². The van der Waals surface area contributed by atoms with E-state index >= 15 is 0 Å². The van der Waals surface area contributed by atoms with Gasteiger partial charge in [0.25, 0.3) is 0 Å². The zero-order valence-electron chi connectivity index (χ0n) is 14.4. The lowest BCUT2D eigenvalue weighted by Gasteiger charge is -2.33. The van der Waals surface area contributed by atoms with Crippen molar-refractivity contribution in [3.05, 3.63) is 16.1 Å². The first-order valence-electron chi connectivity index (χ1n) is 7.64. The van der Waals surface area contributed by atoms with E-state index in [0.717, 1.165) is 17.8 Å². The van der Waals surface area contributed by atoms with Crippen LogP contribution in [0, 0.1) is 5.92 Å². The van der Waals surface area contributed by atoms with Crippen LogP contribution >= 0.6 is 11.3 Å². The number of aliphatic hydroxyl groups excluding tert-OH is 1. The van der Waals surface area contributed by atoms with Gasteiger partial charge in [0, 0.05) is 24.9 Å². The Morgan fingerprint density at radius 3 is 2.55 bits per heavy atom. The molecule has 6 heteroatoms. The molecule has 1 rings (SSSR count). The lowest BCUT2D eigenvalue weighted by molar-refractivity contribution is 0.0170. The summed E-state index contributed by atoms with van der Waals surface area (Å²) < 4.78 is 5.45. The van der Waals surface area contributed by atoms with Crippen molar-refractivity contribution in [3.8, 4) is 0 Å². The SMILES string of the molecule is CC(C)[C@@H](CCc1nc(CO)cs1)N(C)C(=O)OC(C)(C)C. The summed E-state index contributed by atoms with van der Waals surface area (Å²) in [5, 5.41) is 11.9. The third-order valence-electron chi connectivity index (χ3n) is 3.36. The van der Waals surface area contributed by atoms with Gasteiger partial charge in [-0.1, -0.05) is 13.8 Å². The highest BCUT2D eigenvalue weighted by atomic mass is 32.1. The maximum atomic E-state index is 12.2. The summed E-state index contributed by atoms with van der Waals surface area (Å²) in [6, 6.07) is 0.0938. The highest BCUT2D eigenvalue weighted by molar-refractivity contribution is 7.09. The molecule has 1 N–H and O–H groups in total. The highest BCUT2D eigenvalue weighted by Crippen LogP contribution is 2.20. The second kappa shape index (κ2) is 7.92. The van der Waals surface area contributed by atoms with Crippen LogP contribution in [0.4, 0.5) is 4.79 Å². The van der Waals surface area contributed by atoms with Crippen LogP contribution in [0.2, 0.25) is 0 Å². The number of aliphatic hydroxyl groups is 1. The van der Waals surface area contributed by atoms with Gasteiger partial charge >= 0.3 is 6.09 Å². The molecule has 0 saturated carbocycles. The van der Waals surface area contributed by atoms with Crippen LogP contribution in [-0.4, -0.2) is 39.8 Å². The molecule has 1 amide bonds. The quantitative estimate of drug-likeness (QED) is 0.868. The Morgan fingerprint density at radius 1 is 1.45 bits per heavy atom. The molecule has 0 aromatic carbocycles. The van der Waals surface area contributed by atoms with Gasteiger partial charge in [0.15, 0.2) is 0 Å². The minimum atomic E-state index is -0.488. The molecule has 0 bridgehead atoms. The van der Waals surface area contributed by atoms with Crippen molar-refractivity contribution in [2.24, 2.45) is 5.92 Å². The van der Waals surface area contributed by atoms with Crippen LogP contribution in [0.25, 0.3) is 0 Å². The number of hydrogen-bond acceptors (Lipinski definition) is 5. The average molecular weight is 328 g/mol. The van der Waals surface area contributed by atoms with Gasteiger partial charge in [0.05, 0.1) is 17.3 Å². The van der Waals surface area contributed by atoms with E-state index < -0.39 is 5.60 Å². The molecule has 1 atom stereocenters. The van der Waals surface area contributed by atoms with E-state index in [9.17, 15) is 4.79 Å². The van der Waals surface area contributed by atoms with E-state index in [1.165, 1.54) is 0 Å². The molecule has 0 aliphatic rings. The summed E-state index contributed by atoms with van der Waals surface area (Å²) in [5.41, 5.74) is 0.222. The van der Waals surface area contributed by atoms with Crippen molar-refractivity contribution >= 4 is 17.4 Å². The average Bonchev–Trinajstić information content (AvgIpc) is 2.84. The monoisotopic (exact) mass is 328 g/mol. The van der Waals surface area contributed by atoms with E-state index in [0.29, 0.717) is 11.6 Å². The summed E-state index contributed by atoms with van der Waals surface area (Å²) in [5.74, 6) is 0.329. The third-order valence-corrected chi connectivity index (χ3v) is 4.32. The second-order valence-electron chi connectivity index (χ2n) is 6.83. The maximum Gasteiger partial charge on any atom is 0.410 e. The van der Waals surface area contributed by atoms with Gasteiger partial charge in [-0.3, -0.25) is 0 Å². The van der Waals surface area contributed by atoms with Gasteiger partial charge in [-0.15, -0.1) is 11.3 Å². The molecule has 0 fully saturated rings. The van der Waals surface area contributed by atoms with Crippen LogP contribution < -0.4 is 0 Å². The molecule has 0 radical (unpaired) electrons. The topological polar surface area (TPSA) is 62.7 Å². The number of hydrogen-bond donors (Lipinski definition) is 1. The Labute approximate surface area is 137 Å². The maximum absolute atomic E-state index is 12.2. The van der Waals surface area contributed by atoms with Crippen molar-refractivity contribution in [2.45, 2.75) is 65.7 Å². The number of rotatable bonds is 6. The lowest BCUT2D eigenvalue weighted by atomic mass is 9.98. The zero-order chi connectivity index (χ0) is 16.9. The third kappa shape index (κ3) is 5.93. The molecule has 5 nitrogen and oxygen atoms in total. The summed E-state index contributed by atoms with van der Waals surface area (Å²) in [6.45, 7) is 9.79. The van der Waals surface area contributed by atoms with Crippen LogP contribution in [0.5, 0.6) is 0 Å². The normalized spacial score (nSPS) is 13.3. The van der Waals surface area contributed by atoms with E-state index in [4.69, 9.17) is 9.84 Å². The smallest absolute Gasteiger partial charge is 0.410 e. The van der Waals surface area contributed by atoms with Crippen LogP contribution in [0.3, 0.4) is 0 Å². The Morgan fingerprint density at radius 2 is 2.09 bits per heavy atom. The standard InChI is InChI=1S/C16H28N2O3S/c1-11(2)13(18(6)15(20)21-16(3,4)5)7-8-14-17-12(9-19)10-22-14/h10-11,13,19H,7-9H2,1-6H3/t13-/m1/s1. The molecule has 1 aromatic rings. The summed E-state index contributed by atoms with van der Waals surface area (Å²) in [7, 11) is 1.79. The first-order chi connectivity index (χ1) is 10.1. The number of nitrogens with zero attached hydrogens (tertiary/aromatic N) is 2. The number of aryl methyl sites for hydroxylation is 1. The molecule has 126 valence electrons. The van der Waals surface area contributed by atoms with Crippen LogP contribution in [-0.2, 0) is 17.8 Å². The van der Waals surface area contributed by atoms with Crippen LogP contribution in [0.1, 0.15) is 51.7 Å². The molecular weight excluding hydrogens is 300 g/mol. The zero-order valence-corrected chi connectivity index (χ0v) is 15.2. The Hall–Kier alpha value is -1.14. The largest absolute Gasteiger partial charge is 0.444 e. The minimum absolute atomic E-state index is 0.0259. The van der Waals surface area contributed by atoms with Gasteiger partial charge in [-0.05, 0) is 33.1 Å². The summed E-state index contributed by atoms with van der Waals surface area (Å²) in [4.78, 5) is 18.3. The van der Waals surface area contributed by atoms with Crippen molar-refractivity contribution in [3.63, 3.8) is 0 Å². The Balaban J connectivity index is 2.66. The van der Waals surface area contributed by atoms with Gasteiger partial charge < -0.3 is 14.7 Å². The first-order valence-corrected chi connectivity index (χ1v) is 8.52. The second-order valence-corrected chi connectivity index (χ2v) is 7.77. The number of ether oxygens (including phenoxy) is 1. The molecule has 1 heterocycles. The van der Waals surface area contributed by atoms with E-state index in [1.54, 1.807) is 23.3 Å². The van der Waals surface area contributed by atoms with Gasteiger partial charge in [-0.25, -0.2) is 9.78 Å². The van der Waals surface area contributed by atoms with Gasteiger partial charge in [-0.2, -0.15) is 0 Å². The van der Waals surface area contributed by atoms with Crippen LogP contribution in [0.15, 0.2) is 5.38 Å². The first kappa shape index (κ1) is 18.9. The lowest BCUT2D eigenvalue weighted by Crippen LogP contribution is -2.43. The summed E-state index contributed by atoms with van der Waals surface area (Å²) >= 11 is 1.55. The molecule has 0 saturated heterocycles. The number of aromatic nitrogens is 1. The van der Waals surface area contributed by atoms with Crippen molar-refractivity contribution in [1.29, 1.82) is 0 Å². The molecule has 0 aliphatic heterocycles. The molecule has 22 heavy (non-hydrogen) atoms. The fraction of sp³-hybridized carbons (Fsp3) is 0.750. The van der Waals surface area contributed by atoms with Gasteiger partial charge in [0.1, 0.15) is 5.60 Å². The van der Waals surface area contributed by atoms with Crippen molar-refractivity contribution < 1.29 is 14.6 Å². The number of carbonyl (C=O) groups is 1. The fourth-order valence-corrected chi connectivity index (χ4v) is 3.06. The predicted octanol–water partition coefficient (Wildman–Crippen LogP) is 3.46. The Kier molecular flexibility index (Phi) is 6.81. The fourth-order valence-electron chi connectivity index (χ4n) is 2.25. The summed E-state index contributed by atoms with van der Waals surface area (Å²) in [6.07, 6.45) is 1.33. The predicted molar refractivity (Wildman–Crippen MR) is 89.0 cm³/mol. The Bertz CT molecular complexity index is 480. The molecule has 0 unspecified atom stereocenters. The number of thiazole rings is 1.